The minimum absolute atomic E-state index is 0.227. The van der Waals surface area contributed by atoms with Crippen LogP contribution in [0.15, 0.2) is 46.9 Å². The second-order valence-corrected chi connectivity index (χ2v) is 5.62. The molecule has 0 heterocycles. The Kier molecular flexibility index (Phi) is 4.72. The van der Waals surface area contributed by atoms with Gasteiger partial charge < -0.3 is 5.32 Å². The maximum absolute atomic E-state index is 13.1. The number of rotatable bonds is 4. The zero-order valence-corrected chi connectivity index (χ0v) is 12.7. The maximum Gasteiger partial charge on any atom is 0.137 e. The highest BCUT2D eigenvalue weighted by Gasteiger charge is 2.05. The minimum atomic E-state index is -0.227. The molecule has 1 unspecified atom stereocenters. The van der Waals surface area contributed by atoms with Crippen molar-refractivity contribution in [3.8, 4) is 0 Å². The summed E-state index contributed by atoms with van der Waals surface area (Å²) in [5.41, 5.74) is 3.58. The second kappa shape index (κ2) is 6.31. The quantitative estimate of drug-likeness (QED) is 0.857. The topological polar surface area (TPSA) is 12.0 Å². The van der Waals surface area contributed by atoms with Crippen molar-refractivity contribution in [2.24, 2.45) is 0 Å². The van der Waals surface area contributed by atoms with Crippen LogP contribution < -0.4 is 5.32 Å². The van der Waals surface area contributed by atoms with Gasteiger partial charge >= 0.3 is 0 Å². The molecule has 0 aromatic heterocycles. The third kappa shape index (κ3) is 3.88. The van der Waals surface area contributed by atoms with Crippen LogP contribution >= 0.6 is 15.9 Å². The molecule has 1 atom stereocenters. The lowest BCUT2D eigenvalue weighted by Crippen LogP contribution is -2.18. The predicted molar refractivity (Wildman–Crippen MR) is 80.5 cm³/mol. The van der Waals surface area contributed by atoms with Crippen molar-refractivity contribution in [3.05, 3.63) is 69.4 Å². The first kappa shape index (κ1) is 14.2. The molecule has 19 heavy (non-hydrogen) atoms. The van der Waals surface area contributed by atoms with Gasteiger partial charge in [-0.25, -0.2) is 4.39 Å². The predicted octanol–water partition coefficient (Wildman–Crippen LogP) is 4.75. The number of aryl methyl sites for hydroxylation is 1. The first-order valence-electron chi connectivity index (χ1n) is 6.30. The monoisotopic (exact) mass is 321 g/mol. The molecular formula is C16H17BrFN. The number of benzene rings is 2. The van der Waals surface area contributed by atoms with E-state index in [1.54, 1.807) is 6.07 Å². The smallest absolute Gasteiger partial charge is 0.137 e. The molecule has 0 saturated heterocycles. The zero-order valence-electron chi connectivity index (χ0n) is 11.1. The molecule has 0 fully saturated rings. The summed E-state index contributed by atoms with van der Waals surface area (Å²) < 4.78 is 13.6. The van der Waals surface area contributed by atoms with E-state index in [0.717, 1.165) is 5.56 Å². The van der Waals surface area contributed by atoms with Crippen LogP contribution in [0.3, 0.4) is 0 Å². The van der Waals surface area contributed by atoms with Crippen LogP contribution in [0, 0.1) is 12.7 Å². The van der Waals surface area contributed by atoms with Crippen molar-refractivity contribution in [3.63, 3.8) is 0 Å². The summed E-state index contributed by atoms with van der Waals surface area (Å²) in [6.45, 7) is 4.93. The van der Waals surface area contributed by atoms with Gasteiger partial charge in [0.15, 0.2) is 0 Å². The van der Waals surface area contributed by atoms with Gasteiger partial charge in [0, 0.05) is 12.6 Å². The number of hydrogen-bond donors (Lipinski definition) is 1. The van der Waals surface area contributed by atoms with Gasteiger partial charge in [-0.1, -0.05) is 35.9 Å². The summed E-state index contributed by atoms with van der Waals surface area (Å²) in [5.74, 6) is -0.227. The molecule has 1 nitrogen and oxygen atoms in total. The third-order valence-corrected chi connectivity index (χ3v) is 3.78. The molecule has 2 aromatic carbocycles. The molecule has 0 amide bonds. The molecule has 2 aromatic rings. The summed E-state index contributed by atoms with van der Waals surface area (Å²) in [5, 5.41) is 3.44. The van der Waals surface area contributed by atoms with Crippen LogP contribution in [0.25, 0.3) is 0 Å². The van der Waals surface area contributed by atoms with Crippen molar-refractivity contribution in [2.75, 3.05) is 0 Å². The molecule has 0 saturated carbocycles. The number of nitrogens with one attached hydrogen (secondary N) is 1. The van der Waals surface area contributed by atoms with E-state index in [2.05, 4.69) is 59.4 Å². The minimum Gasteiger partial charge on any atom is -0.306 e. The molecule has 0 bridgehead atoms. The van der Waals surface area contributed by atoms with Crippen molar-refractivity contribution in [1.29, 1.82) is 0 Å². The average molecular weight is 322 g/mol. The summed E-state index contributed by atoms with van der Waals surface area (Å²) in [6.07, 6.45) is 0. The van der Waals surface area contributed by atoms with Crippen LogP contribution in [0.2, 0.25) is 0 Å². The Bertz CT molecular complexity index is 551. The largest absolute Gasteiger partial charge is 0.306 e. The van der Waals surface area contributed by atoms with Crippen molar-refractivity contribution in [2.45, 2.75) is 26.4 Å². The molecule has 100 valence electrons. The Balaban J connectivity index is 1.98. The molecule has 3 heteroatoms. The van der Waals surface area contributed by atoms with Gasteiger partial charge in [0.2, 0.25) is 0 Å². The van der Waals surface area contributed by atoms with E-state index in [1.165, 1.54) is 17.2 Å². The summed E-state index contributed by atoms with van der Waals surface area (Å²) in [4.78, 5) is 0. The van der Waals surface area contributed by atoms with Gasteiger partial charge in [-0.05, 0) is 53.0 Å². The summed E-state index contributed by atoms with van der Waals surface area (Å²) >= 11 is 3.20. The molecule has 0 radical (unpaired) electrons. The Labute approximate surface area is 122 Å². The van der Waals surface area contributed by atoms with Gasteiger partial charge in [-0.15, -0.1) is 0 Å². The molecule has 0 aliphatic rings. The van der Waals surface area contributed by atoms with Crippen LogP contribution in [-0.4, -0.2) is 0 Å². The fraction of sp³-hybridized carbons (Fsp3) is 0.250. The standard InChI is InChI=1S/C16H17BrFN/c1-11-3-6-14(7-4-11)12(2)19-10-13-5-8-16(18)15(17)9-13/h3-9,12,19H,10H2,1-2H3. The van der Waals surface area contributed by atoms with Crippen LogP contribution in [0.4, 0.5) is 4.39 Å². The Hall–Kier alpha value is -1.19. The molecule has 2 rings (SSSR count). The number of halogens is 2. The van der Waals surface area contributed by atoms with Crippen LogP contribution in [-0.2, 0) is 6.54 Å². The Morgan fingerprint density at radius 1 is 1.16 bits per heavy atom. The first-order chi connectivity index (χ1) is 9.06. The zero-order chi connectivity index (χ0) is 13.8. The maximum atomic E-state index is 13.1. The summed E-state index contributed by atoms with van der Waals surface area (Å²) in [6, 6.07) is 13.9. The highest BCUT2D eigenvalue weighted by Crippen LogP contribution is 2.18. The lowest BCUT2D eigenvalue weighted by Gasteiger charge is -2.14. The van der Waals surface area contributed by atoms with Gasteiger partial charge in [0.05, 0.1) is 4.47 Å². The first-order valence-corrected chi connectivity index (χ1v) is 7.09. The van der Waals surface area contributed by atoms with Gasteiger partial charge in [-0.2, -0.15) is 0 Å². The third-order valence-electron chi connectivity index (χ3n) is 3.17. The van der Waals surface area contributed by atoms with E-state index in [9.17, 15) is 4.39 Å². The molecule has 1 N–H and O–H groups in total. The highest BCUT2D eigenvalue weighted by molar-refractivity contribution is 9.10. The van der Waals surface area contributed by atoms with Crippen molar-refractivity contribution < 1.29 is 4.39 Å². The second-order valence-electron chi connectivity index (χ2n) is 4.76. The van der Waals surface area contributed by atoms with E-state index < -0.39 is 0 Å². The van der Waals surface area contributed by atoms with E-state index in [0.29, 0.717) is 11.0 Å². The normalized spacial score (nSPS) is 12.4. The van der Waals surface area contributed by atoms with E-state index in [4.69, 9.17) is 0 Å². The lowest BCUT2D eigenvalue weighted by molar-refractivity contribution is 0.572. The molecule has 0 aliphatic heterocycles. The van der Waals surface area contributed by atoms with Gasteiger partial charge in [0.25, 0.3) is 0 Å². The van der Waals surface area contributed by atoms with Crippen molar-refractivity contribution in [1.82, 2.24) is 5.32 Å². The van der Waals surface area contributed by atoms with E-state index >= 15 is 0 Å². The highest BCUT2D eigenvalue weighted by atomic mass is 79.9. The van der Waals surface area contributed by atoms with Crippen molar-refractivity contribution >= 4 is 15.9 Å². The fourth-order valence-corrected chi connectivity index (χ4v) is 2.32. The molecule has 0 aliphatic carbocycles. The SMILES string of the molecule is Cc1ccc(C(C)NCc2ccc(F)c(Br)c2)cc1. The lowest BCUT2D eigenvalue weighted by atomic mass is 10.1. The summed E-state index contributed by atoms with van der Waals surface area (Å²) in [7, 11) is 0. The number of hydrogen-bond acceptors (Lipinski definition) is 1. The van der Waals surface area contributed by atoms with E-state index in [1.807, 2.05) is 6.07 Å². The van der Waals surface area contributed by atoms with Crippen LogP contribution in [0.5, 0.6) is 0 Å². The Morgan fingerprint density at radius 2 is 1.84 bits per heavy atom. The van der Waals surface area contributed by atoms with Gasteiger partial charge in [0.1, 0.15) is 5.82 Å². The molecule has 0 spiro atoms. The van der Waals surface area contributed by atoms with Gasteiger partial charge in [-0.3, -0.25) is 0 Å². The average Bonchev–Trinajstić information content (AvgIpc) is 2.40. The Morgan fingerprint density at radius 3 is 2.47 bits per heavy atom. The molecular weight excluding hydrogens is 305 g/mol. The fourth-order valence-electron chi connectivity index (χ4n) is 1.89. The van der Waals surface area contributed by atoms with Crippen LogP contribution in [0.1, 0.15) is 29.7 Å². The van der Waals surface area contributed by atoms with E-state index in [-0.39, 0.29) is 11.9 Å².